The average Bonchev–Trinajstić information content (AvgIpc) is 2.70. The van der Waals surface area contributed by atoms with Gasteiger partial charge < -0.3 is 14.4 Å². The summed E-state index contributed by atoms with van der Waals surface area (Å²) in [5.41, 5.74) is 0.140. The fourth-order valence-electron chi connectivity index (χ4n) is 1.48. The van der Waals surface area contributed by atoms with Crippen LogP contribution in [0.2, 0.25) is 0 Å². The van der Waals surface area contributed by atoms with Gasteiger partial charge in [0.05, 0.1) is 10.7 Å². The molecule has 0 aliphatic carbocycles. The van der Waals surface area contributed by atoms with Gasteiger partial charge in [-0.3, -0.25) is 0 Å². The molecule has 0 amide bonds. The fourth-order valence-corrected chi connectivity index (χ4v) is 1.88. The number of carbonyl (C=O) groups is 1. The van der Waals surface area contributed by atoms with Crippen LogP contribution in [-0.2, 0) is 13.7 Å². The van der Waals surface area contributed by atoms with Crippen molar-refractivity contribution in [2.75, 3.05) is 0 Å². The van der Waals surface area contributed by atoms with E-state index >= 15 is 0 Å². The third-order valence-electron chi connectivity index (χ3n) is 2.50. The van der Waals surface area contributed by atoms with Gasteiger partial charge in [0.25, 0.3) is 0 Å². The molecule has 1 aromatic carbocycles. The van der Waals surface area contributed by atoms with E-state index in [0.29, 0.717) is 11.6 Å². The van der Waals surface area contributed by atoms with Crippen LogP contribution < -0.4 is 4.74 Å². The largest absolute Gasteiger partial charge is 0.485 e. The normalized spacial score (nSPS) is 10.3. The van der Waals surface area contributed by atoms with Crippen LogP contribution in [0.25, 0.3) is 0 Å². The smallest absolute Gasteiger partial charge is 0.354 e. The Morgan fingerprint density at radius 3 is 2.83 bits per heavy atom. The molecule has 0 saturated carbocycles. The number of para-hydroxylation sites is 1. The van der Waals surface area contributed by atoms with Crippen molar-refractivity contribution in [2.45, 2.75) is 6.61 Å². The molecule has 2 rings (SSSR count). The van der Waals surface area contributed by atoms with E-state index in [1.54, 1.807) is 7.05 Å². The number of nitrogens with zero attached hydrogens (tertiary/aromatic N) is 2. The Morgan fingerprint density at radius 1 is 1.50 bits per heavy atom. The number of benzene rings is 1. The maximum absolute atomic E-state index is 10.9. The van der Waals surface area contributed by atoms with Gasteiger partial charge in [-0.25, -0.2) is 9.78 Å². The molecule has 0 spiro atoms. The third kappa shape index (κ3) is 2.53. The molecular formula is C12H11BrN2O3. The molecule has 0 fully saturated rings. The lowest BCUT2D eigenvalue weighted by atomic mass is 10.3. The van der Waals surface area contributed by atoms with E-state index in [2.05, 4.69) is 20.9 Å². The number of imidazole rings is 1. The molecule has 1 heterocycles. The lowest BCUT2D eigenvalue weighted by Gasteiger charge is -2.08. The van der Waals surface area contributed by atoms with Gasteiger partial charge in [-0.15, -0.1) is 0 Å². The second-order valence-corrected chi connectivity index (χ2v) is 4.50. The summed E-state index contributed by atoms with van der Waals surface area (Å²) < 4.78 is 7.92. The van der Waals surface area contributed by atoms with Crippen molar-refractivity contribution >= 4 is 21.9 Å². The molecule has 6 heteroatoms. The van der Waals surface area contributed by atoms with Crippen LogP contribution in [0.15, 0.2) is 34.9 Å². The molecule has 0 atom stereocenters. The van der Waals surface area contributed by atoms with Crippen LogP contribution in [0.5, 0.6) is 5.75 Å². The zero-order valence-electron chi connectivity index (χ0n) is 9.63. The first-order valence-electron chi connectivity index (χ1n) is 5.21. The predicted octanol–water partition coefficient (Wildman–Crippen LogP) is 2.46. The molecule has 1 N–H and O–H groups in total. The summed E-state index contributed by atoms with van der Waals surface area (Å²) in [5, 5.41) is 8.90. The van der Waals surface area contributed by atoms with E-state index in [4.69, 9.17) is 9.84 Å². The highest BCUT2D eigenvalue weighted by Crippen LogP contribution is 2.24. The van der Waals surface area contributed by atoms with Crippen LogP contribution in [-0.4, -0.2) is 20.6 Å². The minimum Gasteiger partial charge on any atom is -0.485 e. The van der Waals surface area contributed by atoms with E-state index in [1.165, 1.54) is 10.8 Å². The second-order valence-electron chi connectivity index (χ2n) is 3.64. The van der Waals surface area contributed by atoms with Gasteiger partial charge >= 0.3 is 5.97 Å². The maximum Gasteiger partial charge on any atom is 0.354 e. The molecule has 94 valence electrons. The predicted molar refractivity (Wildman–Crippen MR) is 68.6 cm³/mol. The highest BCUT2D eigenvalue weighted by atomic mass is 79.9. The molecule has 5 nitrogen and oxygen atoms in total. The summed E-state index contributed by atoms with van der Waals surface area (Å²) in [5.74, 6) is 0.248. The average molecular weight is 311 g/mol. The number of aromatic carboxylic acids is 1. The Bertz CT molecular complexity index is 580. The van der Waals surface area contributed by atoms with E-state index in [-0.39, 0.29) is 12.3 Å². The Kier molecular flexibility index (Phi) is 3.66. The summed E-state index contributed by atoms with van der Waals surface area (Å²) in [6.45, 7) is 0.215. The Balaban J connectivity index is 2.12. The van der Waals surface area contributed by atoms with Gasteiger partial charge in [0.15, 0.2) is 0 Å². The number of ether oxygens (including phenoxy) is 1. The van der Waals surface area contributed by atoms with Gasteiger partial charge in [-0.2, -0.15) is 0 Å². The minimum atomic E-state index is -1.00. The Labute approximate surface area is 112 Å². The molecule has 2 aromatic rings. The van der Waals surface area contributed by atoms with Crippen molar-refractivity contribution < 1.29 is 14.6 Å². The number of carboxylic acids is 1. The van der Waals surface area contributed by atoms with Crippen molar-refractivity contribution in [3.05, 3.63) is 46.5 Å². The molecule has 0 aliphatic heterocycles. The van der Waals surface area contributed by atoms with Gasteiger partial charge in [0.1, 0.15) is 23.9 Å². The highest BCUT2D eigenvalue weighted by Gasteiger charge is 2.13. The number of rotatable bonds is 4. The van der Waals surface area contributed by atoms with E-state index in [0.717, 1.165) is 4.47 Å². The topological polar surface area (TPSA) is 64.4 Å². The van der Waals surface area contributed by atoms with Crippen LogP contribution in [0.3, 0.4) is 0 Å². The van der Waals surface area contributed by atoms with Gasteiger partial charge in [0.2, 0.25) is 0 Å². The van der Waals surface area contributed by atoms with Crippen LogP contribution in [0.1, 0.15) is 16.3 Å². The molecule has 0 unspecified atom stereocenters. The van der Waals surface area contributed by atoms with Crippen molar-refractivity contribution in [3.8, 4) is 5.75 Å². The number of hydrogen-bond donors (Lipinski definition) is 1. The highest BCUT2D eigenvalue weighted by molar-refractivity contribution is 9.10. The standard InChI is InChI=1S/C12H11BrN2O3/c1-15-9(12(16)17)6-14-11(15)7-18-10-5-3-2-4-8(10)13/h2-6H,7H2,1H3,(H,16,17). The summed E-state index contributed by atoms with van der Waals surface area (Å²) in [4.78, 5) is 14.9. The van der Waals surface area contributed by atoms with Crippen LogP contribution in [0.4, 0.5) is 0 Å². The van der Waals surface area contributed by atoms with Crippen molar-refractivity contribution in [1.82, 2.24) is 9.55 Å². The minimum absolute atomic E-state index is 0.140. The maximum atomic E-state index is 10.9. The first kappa shape index (κ1) is 12.6. The number of carboxylic acid groups (broad SMARTS) is 1. The third-order valence-corrected chi connectivity index (χ3v) is 3.15. The zero-order chi connectivity index (χ0) is 13.1. The SMILES string of the molecule is Cn1c(C(=O)O)cnc1COc1ccccc1Br. The van der Waals surface area contributed by atoms with E-state index in [9.17, 15) is 4.79 Å². The lowest BCUT2D eigenvalue weighted by Crippen LogP contribution is -2.09. The summed E-state index contributed by atoms with van der Waals surface area (Å²) in [6, 6.07) is 7.45. The Hall–Kier alpha value is -1.82. The zero-order valence-corrected chi connectivity index (χ0v) is 11.2. The van der Waals surface area contributed by atoms with Crippen molar-refractivity contribution in [2.24, 2.45) is 7.05 Å². The molecule has 18 heavy (non-hydrogen) atoms. The van der Waals surface area contributed by atoms with E-state index < -0.39 is 5.97 Å². The fraction of sp³-hybridized carbons (Fsp3) is 0.167. The first-order valence-corrected chi connectivity index (χ1v) is 6.00. The summed E-state index contributed by atoms with van der Waals surface area (Å²) >= 11 is 3.37. The molecule has 0 aliphatic rings. The summed E-state index contributed by atoms with van der Waals surface area (Å²) in [7, 11) is 1.65. The molecule has 0 bridgehead atoms. The molecular weight excluding hydrogens is 300 g/mol. The quantitative estimate of drug-likeness (QED) is 0.942. The summed E-state index contributed by atoms with van der Waals surface area (Å²) in [6.07, 6.45) is 1.32. The molecule has 0 saturated heterocycles. The second kappa shape index (κ2) is 5.22. The number of hydrogen-bond acceptors (Lipinski definition) is 3. The van der Waals surface area contributed by atoms with E-state index in [1.807, 2.05) is 24.3 Å². The Morgan fingerprint density at radius 2 is 2.22 bits per heavy atom. The van der Waals surface area contributed by atoms with Crippen molar-refractivity contribution in [3.63, 3.8) is 0 Å². The lowest BCUT2D eigenvalue weighted by molar-refractivity contribution is 0.0686. The van der Waals surface area contributed by atoms with Crippen LogP contribution >= 0.6 is 15.9 Å². The number of halogens is 1. The molecule has 1 aromatic heterocycles. The molecule has 0 radical (unpaired) electrons. The van der Waals surface area contributed by atoms with Gasteiger partial charge in [-0.1, -0.05) is 12.1 Å². The van der Waals surface area contributed by atoms with Crippen molar-refractivity contribution in [1.29, 1.82) is 0 Å². The first-order chi connectivity index (χ1) is 8.59. The monoisotopic (exact) mass is 310 g/mol. The van der Waals surface area contributed by atoms with Crippen LogP contribution in [0, 0.1) is 0 Å². The number of aromatic nitrogens is 2. The van der Waals surface area contributed by atoms with Gasteiger partial charge in [-0.05, 0) is 28.1 Å². The van der Waals surface area contributed by atoms with Gasteiger partial charge in [0, 0.05) is 7.05 Å².